The summed E-state index contributed by atoms with van der Waals surface area (Å²) in [6.45, 7) is 1.91. The third-order valence-corrected chi connectivity index (χ3v) is 5.00. The molecule has 5 nitrogen and oxygen atoms in total. The number of anilines is 1. The maximum absolute atomic E-state index is 11.5. The molecule has 0 fully saturated rings. The lowest BCUT2D eigenvalue weighted by molar-refractivity contribution is 0.582. The molecule has 0 aliphatic carbocycles. The lowest BCUT2D eigenvalue weighted by atomic mass is 10.1. The summed E-state index contributed by atoms with van der Waals surface area (Å²) in [5, 5.41) is 4.88. The molecule has 1 aromatic carbocycles. The monoisotopic (exact) mass is 313 g/mol. The van der Waals surface area contributed by atoms with Crippen molar-refractivity contribution in [2.75, 3.05) is 17.2 Å². The molecule has 0 saturated heterocycles. The summed E-state index contributed by atoms with van der Waals surface area (Å²) < 4.78 is 24.5. The van der Waals surface area contributed by atoms with Gasteiger partial charge in [0.1, 0.15) is 5.69 Å². The number of nitrogen functional groups attached to an aromatic ring is 1. The Morgan fingerprint density at radius 2 is 2.05 bits per heavy atom. The summed E-state index contributed by atoms with van der Waals surface area (Å²) in [7, 11) is -3.02. The topological polar surface area (TPSA) is 78.0 Å². The normalized spacial score (nSPS) is 11.7. The molecule has 2 rings (SSSR count). The number of rotatable bonds is 5. The molecule has 0 aliphatic heterocycles. The van der Waals surface area contributed by atoms with Crippen molar-refractivity contribution in [3.8, 4) is 11.3 Å². The van der Waals surface area contributed by atoms with Gasteiger partial charge in [0.05, 0.1) is 23.0 Å². The molecular formula is C13H16ClN3O2S. The maximum atomic E-state index is 11.5. The molecular weight excluding hydrogens is 298 g/mol. The van der Waals surface area contributed by atoms with E-state index in [1.165, 1.54) is 0 Å². The summed E-state index contributed by atoms with van der Waals surface area (Å²) in [4.78, 5) is 0. The highest BCUT2D eigenvalue weighted by Crippen LogP contribution is 2.30. The Kier molecular flexibility index (Phi) is 4.35. The predicted octanol–water partition coefficient (Wildman–Crippen LogP) is 2.22. The van der Waals surface area contributed by atoms with Gasteiger partial charge in [0.15, 0.2) is 9.84 Å². The quantitative estimate of drug-likeness (QED) is 0.918. The van der Waals surface area contributed by atoms with Gasteiger partial charge in [-0.3, -0.25) is 4.68 Å². The number of nitrogens with zero attached hydrogens (tertiary/aromatic N) is 2. The van der Waals surface area contributed by atoms with E-state index >= 15 is 0 Å². The highest BCUT2D eigenvalue weighted by atomic mass is 35.5. The second kappa shape index (κ2) is 5.85. The predicted molar refractivity (Wildman–Crippen MR) is 81.4 cm³/mol. The second-order valence-corrected chi connectivity index (χ2v) is 7.29. The van der Waals surface area contributed by atoms with Crippen LogP contribution in [0.25, 0.3) is 11.3 Å². The Labute approximate surface area is 123 Å². The van der Waals surface area contributed by atoms with E-state index in [2.05, 4.69) is 5.10 Å². The van der Waals surface area contributed by atoms with Crippen LogP contribution in [0.4, 0.5) is 5.69 Å². The van der Waals surface area contributed by atoms with E-state index in [1.807, 2.05) is 18.2 Å². The van der Waals surface area contributed by atoms with Crippen molar-refractivity contribution >= 4 is 27.1 Å². The Morgan fingerprint density at radius 1 is 1.35 bits per heavy atom. The maximum Gasteiger partial charge on any atom is 0.151 e. The van der Waals surface area contributed by atoms with Crippen molar-refractivity contribution in [1.82, 2.24) is 9.78 Å². The molecule has 0 unspecified atom stereocenters. The van der Waals surface area contributed by atoms with Gasteiger partial charge in [0.25, 0.3) is 0 Å². The van der Waals surface area contributed by atoms with Crippen molar-refractivity contribution in [3.63, 3.8) is 0 Å². The van der Waals surface area contributed by atoms with E-state index < -0.39 is 9.84 Å². The standard InChI is InChI=1S/C13H16ClN3O2S/c1-2-20(18,19)8-7-17-9-12(15)13(16-17)10-5-3-4-6-11(10)14/h3-6,9H,2,7-8,15H2,1H3. The van der Waals surface area contributed by atoms with E-state index in [1.54, 1.807) is 23.9 Å². The minimum Gasteiger partial charge on any atom is -0.396 e. The molecule has 0 radical (unpaired) electrons. The molecule has 0 bridgehead atoms. The van der Waals surface area contributed by atoms with Gasteiger partial charge in [-0.25, -0.2) is 8.42 Å². The van der Waals surface area contributed by atoms with E-state index in [-0.39, 0.29) is 18.1 Å². The third kappa shape index (κ3) is 3.32. The van der Waals surface area contributed by atoms with Crippen LogP contribution in [0.5, 0.6) is 0 Å². The average Bonchev–Trinajstić information content (AvgIpc) is 2.78. The first kappa shape index (κ1) is 14.9. The highest BCUT2D eigenvalue weighted by molar-refractivity contribution is 7.91. The van der Waals surface area contributed by atoms with E-state index in [9.17, 15) is 8.42 Å². The van der Waals surface area contributed by atoms with Gasteiger partial charge >= 0.3 is 0 Å². The Hall–Kier alpha value is -1.53. The molecule has 2 N–H and O–H groups in total. The highest BCUT2D eigenvalue weighted by Gasteiger charge is 2.13. The van der Waals surface area contributed by atoms with E-state index in [4.69, 9.17) is 17.3 Å². The van der Waals surface area contributed by atoms with Crippen molar-refractivity contribution in [2.24, 2.45) is 0 Å². The zero-order valence-corrected chi connectivity index (χ0v) is 12.7. The molecule has 0 saturated carbocycles. The molecule has 0 amide bonds. The Morgan fingerprint density at radius 3 is 2.70 bits per heavy atom. The molecule has 7 heteroatoms. The number of aromatic nitrogens is 2. The lowest BCUT2D eigenvalue weighted by Gasteiger charge is -2.02. The number of benzene rings is 1. The minimum absolute atomic E-state index is 0.0482. The van der Waals surface area contributed by atoms with Crippen LogP contribution in [0.3, 0.4) is 0 Å². The van der Waals surface area contributed by atoms with Crippen molar-refractivity contribution in [1.29, 1.82) is 0 Å². The zero-order valence-electron chi connectivity index (χ0n) is 11.1. The summed E-state index contributed by atoms with van der Waals surface area (Å²) in [5.74, 6) is 0.174. The molecule has 20 heavy (non-hydrogen) atoms. The summed E-state index contributed by atoms with van der Waals surface area (Å²) in [5.41, 5.74) is 7.71. The number of aryl methyl sites for hydroxylation is 1. The molecule has 1 aromatic heterocycles. The smallest absolute Gasteiger partial charge is 0.151 e. The fraction of sp³-hybridized carbons (Fsp3) is 0.308. The number of hydrogen-bond acceptors (Lipinski definition) is 4. The molecule has 0 aliphatic rings. The molecule has 0 spiro atoms. The van der Waals surface area contributed by atoms with Gasteiger partial charge in [-0.1, -0.05) is 36.7 Å². The lowest BCUT2D eigenvalue weighted by Crippen LogP contribution is -2.14. The van der Waals surface area contributed by atoms with Crippen LogP contribution in [-0.2, 0) is 16.4 Å². The van der Waals surface area contributed by atoms with Gasteiger partial charge in [-0.05, 0) is 6.07 Å². The van der Waals surface area contributed by atoms with Crippen LogP contribution in [0, 0.1) is 0 Å². The largest absolute Gasteiger partial charge is 0.396 e. The molecule has 108 valence electrons. The van der Waals surface area contributed by atoms with Gasteiger partial charge in [-0.2, -0.15) is 5.10 Å². The second-order valence-electron chi connectivity index (χ2n) is 4.41. The van der Waals surface area contributed by atoms with E-state index in [0.29, 0.717) is 16.4 Å². The zero-order chi connectivity index (χ0) is 14.8. The van der Waals surface area contributed by atoms with Crippen LogP contribution < -0.4 is 5.73 Å². The van der Waals surface area contributed by atoms with E-state index in [0.717, 1.165) is 5.56 Å². The van der Waals surface area contributed by atoms with Crippen LogP contribution in [0.1, 0.15) is 6.92 Å². The van der Waals surface area contributed by atoms with Gasteiger partial charge < -0.3 is 5.73 Å². The summed E-state index contributed by atoms with van der Waals surface area (Å²) in [6.07, 6.45) is 1.63. The third-order valence-electron chi connectivity index (χ3n) is 2.99. The Bertz CT molecular complexity index is 710. The minimum atomic E-state index is -3.02. The Balaban J connectivity index is 2.25. The molecule has 0 atom stereocenters. The van der Waals surface area contributed by atoms with Crippen molar-refractivity contribution < 1.29 is 8.42 Å². The fourth-order valence-corrected chi connectivity index (χ4v) is 2.77. The van der Waals surface area contributed by atoms with Crippen LogP contribution in [0.2, 0.25) is 5.02 Å². The number of sulfone groups is 1. The first-order valence-corrected chi connectivity index (χ1v) is 8.41. The number of hydrogen-bond donors (Lipinski definition) is 1. The summed E-state index contributed by atoms with van der Waals surface area (Å²) in [6, 6.07) is 7.26. The van der Waals surface area contributed by atoms with Crippen LogP contribution in [-0.4, -0.2) is 29.7 Å². The van der Waals surface area contributed by atoms with Crippen molar-refractivity contribution in [3.05, 3.63) is 35.5 Å². The van der Waals surface area contributed by atoms with Gasteiger partial charge in [0, 0.05) is 17.5 Å². The number of halogens is 1. The first-order chi connectivity index (χ1) is 9.43. The van der Waals surface area contributed by atoms with Gasteiger partial charge in [0.2, 0.25) is 0 Å². The van der Waals surface area contributed by atoms with Crippen LogP contribution >= 0.6 is 11.6 Å². The SMILES string of the molecule is CCS(=O)(=O)CCn1cc(N)c(-c2ccccc2Cl)n1. The molecule has 2 aromatic rings. The number of nitrogens with two attached hydrogens (primary N) is 1. The average molecular weight is 314 g/mol. The summed E-state index contributed by atoms with van der Waals surface area (Å²) >= 11 is 6.11. The van der Waals surface area contributed by atoms with Crippen molar-refractivity contribution in [2.45, 2.75) is 13.5 Å². The van der Waals surface area contributed by atoms with Crippen LogP contribution in [0.15, 0.2) is 30.5 Å². The van der Waals surface area contributed by atoms with Gasteiger partial charge in [-0.15, -0.1) is 0 Å². The molecule has 1 heterocycles. The first-order valence-electron chi connectivity index (χ1n) is 6.21. The fourth-order valence-electron chi connectivity index (χ4n) is 1.79.